The Bertz CT molecular complexity index is 493. The Labute approximate surface area is 148 Å². The first-order chi connectivity index (χ1) is 9.80. The van der Waals surface area contributed by atoms with Gasteiger partial charge in [-0.15, -0.1) is 24.8 Å². The largest absolute Gasteiger partial charge is 0.416 e. The van der Waals surface area contributed by atoms with Gasteiger partial charge in [0.1, 0.15) is 0 Å². The average molecular weight is 402 g/mol. The Morgan fingerprint density at radius 1 is 1.09 bits per heavy atom. The molecule has 1 fully saturated rings. The molecule has 134 valence electrons. The molecule has 1 aliphatic rings. The Hall–Kier alpha value is -0.340. The molecule has 1 N–H and O–H groups in total. The van der Waals surface area contributed by atoms with Crippen LogP contribution in [0.1, 0.15) is 17.2 Å². The zero-order valence-electron chi connectivity index (χ0n) is 11.7. The molecule has 2 rings (SSSR count). The van der Waals surface area contributed by atoms with Crippen molar-refractivity contribution in [2.45, 2.75) is 18.6 Å². The molecular formula is C13H16Cl3F5N2. The molecule has 0 radical (unpaired) electrons. The highest BCUT2D eigenvalue weighted by Gasteiger charge is 2.40. The second kappa shape index (κ2) is 9.22. The number of hydrogen-bond donors (Lipinski definition) is 1. The van der Waals surface area contributed by atoms with E-state index in [0.29, 0.717) is 19.2 Å². The van der Waals surface area contributed by atoms with Crippen molar-refractivity contribution in [1.82, 2.24) is 10.2 Å². The van der Waals surface area contributed by atoms with E-state index in [1.54, 1.807) is 0 Å². The van der Waals surface area contributed by atoms with Gasteiger partial charge in [-0.3, -0.25) is 4.90 Å². The molecule has 1 saturated heterocycles. The van der Waals surface area contributed by atoms with Crippen LogP contribution in [0.4, 0.5) is 22.0 Å². The summed E-state index contributed by atoms with van der Waals surface area (Å²) in [5, 5.41) is 2.86. The molecule has 0 saturated carbocycles. The van der Waals surface area contributed by atoms with Crippen molar-refractivity contribution in [2.75, 3.05) is 26.2 Å². The number of alkyl halides is 5. The predicted octanol–water partition coefficient (Wildman–Crippen LogP) is 4.41. The van der Waals surface area contributed by atoms with Gasteiger partial charge in [-0.25, -0.2) is 8.78 Å². The van der Waals surface area contributed by atoms with Crippen molar-refractivity contribution in [2.24, 2.45) is 0 Å². The minimum absolute atomic E-state index is 0. The zero-order valence-corrected chi connectivity index (χ0v) is 14.1. The van der Waals surface area contributed by atoms with E-state index < -0.39 is 29.8 Å². The van der Waals surface area contributed by atoms with Gasteiger partial charge < -0.3 is 5.32 Å². The number of rotatable bonds is 3. The van der Waals surface area contributed by atoms with Crippen LogP contribution in [0.3, 0.4) is 0 Å². The van der Waals surface area contributed by atoms with E-state index in [1.165, 1.54) is 11.0 Å². The first kappa shape index (κ1) is 22.7. The van der Waals surface area contributed by atoms with Crippen molar-refractivity contribution in [3.63, 3.8) is 0 Å². The van der Waals surface area contributed by atoms with Gasteiger partial charge in [-0.1, -0.05) is 17.7 Å². The number of hydrogen-bond acceptors (Lipinski definition) is 2. The number of nitrogens with zero attached hydrogens (tertiary/aromatic N) is 1. The van der Waals surface area contributed by atoms with Gasteiger partial charge in [0.2, 0.25) is 0 Å². The van der Waals surface area contributed by atoms with E-state index in [9.17, 15) is 22.0 Å². The molecule has 1 heterocycles. The molecule has 23 heavy (non-hydrogen) atoms. The minimum atomic E-state index is -4.72. The molecule has 1 atom stereocenters. The number of halogens is 8. The summed E-state index contributed by atoms with van der Waals surface area (Å²) in [5.74, 6) is 0. The highest BCUT2D eigenvalue weighted by atomic mass is 35.5. The molecule has 1 aromatic carbocycles. The zero-order chi connectivity index (χ0) is 15.6. The Morgan fingerprint density at radius 3 is 2.13 bits per heavy atom. The van der Waals surface area contributed by atoms with Crippen LogP contribution in [0.15, 0.2) is 18.2 Å². The quantitative estimate of drug-likeness (QED) is 0.755. The van der Waals surface area contributed by atoms with Gasteiger partial charge in [0.15, 0.2) is 0 Å². The molecule has 0 bridgehead atoms. The van der Waals surface area contributed by atoms with E-state index in [-0.39, 0.29) is 42.9 Å². The fourth-order valence-electron chi connectivity index (χ4n) is 2.48. The van der Waals surface area contributed by atoms with E-state index in [0.717, 1.165) is 6.07 Å². The van der Waals surface area contributed by atoms with Crippen molar-refractivity contribution in [3.05, 3.63) is 34.3 Å². The molecule has 1 aromatic rings. The van der Waals surface area contributed by atoms with Gasteiger partial charge >= 0.3 is 6.18 Å². The van der Waals surface area contributed by atoms with E-state index in [4.69, 9.17) is 11.6 Å². The third kappa shape index (κ3) is 5.60. The van der Waals surface area contributed by atoms with Crippen LogP contribution in [0.25, 0.3) is 0 Å². The van der Waals surface area contributed by atoms with E-state index in [2.05, 4.69) is 5.32 Å². The minimum Gasteiger partial charge on any atom is -0.314 e. The van der Waals surface area contributed by atoms with Crippen LogP contribution in [-0.4, -0.2) is 37.5 Å². The summed E-state index contributed by atoms with van der Waals surface area (Å²) in [6.07, 6.45) is -7.63. The van der Waals surface area contributed by atoms with Crippen molar-refractivity contribution < 1.29 is 22.0 Å². The maximum absolute atomic E-state index is 13.4. The molecule has 0 aliphatic carbocycles. The Morgan fingerprint density at radius 2 is 1.65 bits per heavy atom. The van der Waals surface area contributed by atoms with Crippen LogP contribution in [0, 0.1) is 0 Å². The molecule has 0 unspecified atom stereocenters. The SMILES string of the molecule is Cl.Cl.FC(F)[C@@H](c1ccc(Cl)cc1C(F)(F)F)N1CCNCC1. The third-order valence-electron chi connectivity index (χ3n) is 3.42. The smallest absolute Gasteiger partial charge is 0.314 e. The van der Waals surface area contributed by atoms with Crippen LogP contribution in [0.5, 0.6) is 0 Å². The van der Waals surface area contributed by atoms with Crippen LogP contribution >= 0.6 is 36.4 Å². The van der Waals surface area contributed by atoms with Gasteiger partial charge in [-0.2, -0.15) is 13.2 Å². The monoisotopic (exact) mass is 400 g/mol. The standard InChI is InChI=1S/C13H14ClF5N2.2ClH/c14-8-1-2-9(10(7-8)13(17,18)19)11(12(15)16)21-5-3-20-4-6-21;;/h1-2,7,11-12,20H,3-6H2;2*1H/t11-;;/m1../s1. The first-order valence-corrected chi connectivity index (χ1v) is 6.78. The van der Waals surface area contributed by atoms with Gasteiger partial charge in [0.05, 0.1) is 11.6 Å². The summed E-state index contributed by atoms with van der Waals surface area (Å²) in [6.45, 7) is 1.49. The normalized spacial score (nSPS) is 17.3. The fraction of sp³-hybridized carbons (Fsp3) is 0.538. The third-order valence-corrected chi connectivity index (χ3v) is 3.66. The summed E-state index contributed by atoms with van der Waals surface area (Å²) in [7, 11) is 0. The maximum atomic E-state index is 13.4. The number of nitrogens with one attached hydrogen (secondary N) is 1. The molecule has 10 heteroatoms. The van der Waals surface area contributed by atoms with E-state index >= 15 is 0 Å². The lowest BCUT2D eigenvalue weighted by Crippen LogP contribution is -2.47. The highest BCUT2D eigenvalue weighted by Crippen LogP contribution is 2.39. The second-order valence-electron chi connectivity index (χ2n) is 4.79. The van der Waals surface area contributed by atoms with E-state index in [1.807, 2.05) is 0 Å². The van der Waals surface area contributed by atoms with Gasteiger partial charge in [0.25, 0.3) is 6.43 Å². The molecule has 2 nitrogen and oxygen atoms in total. The lowest BCUT2D eigenvalue weighted by atomic mass is 9.98. The summed E-state index contributed by atoms with van der Waals surface area (Å²) in [5.41, 5.74) is -1.53. The van der Waals surface area contributed by atoms with Crippen molar-refractivity contribution >= 4 is 36.4 Å². The highest BCUT2D eigenvalue weighted by molar-refractivity contribution is 6.30. The Kier molecular flexibility index (Phi) is 9.09. The van der Waals surface area contributed by atoms with Gasteiger partial charge in [0, 0.05) is 31.2 Å². The van der Waals surface area contributed by atoms with Crippen LogP contribution in [0.2, 0.25) is 5.02 Å². The number of piperazine rings is 1. The lowest BCUT2D eigenvalue weighted by molar-refractivity contribution is -0.139. The topological polar surface area (TPSA) is 15.3 Å². The summed E-state index contributed by atoms with van der Waals surface area (Å²) >= 11 is 5.58. The average Bonchev–Trinajstić information content (AvgIpc) is 2.40. The van der Waals surface area contributed by atoms with Crippen LogP contribution in [-0.2, 0) is 6.18 Å². The van der Waals surface area contributed by atoms with Gasteiger partial charge in [-0.05, 0) is 17.7 Å². The molecular weight excluding hydrogens is 386 g/mol. The molecule has 0 spiro atoms. The molecule has 0 aromatic heterocycles. The van der Waals surface area contributed by atoms with Crippen molar-refractivity contribution in [1.29, 1.82) is 0 Å². The Balaban J connectivity index is 0.00000242. The summed E-state index contributed by atoms with van der Waals surface area (Å²) < 4.78 is 66.0. The molecule has 1 aliphatic heterocycles. The van der Waals surface area contributed by atoms with Crippen molar-refractivity contribution in [3.8, 4) is 0 Å². The maximum Gasteiger partial charge on any atom is 0.416 e. The summed E-state index contributed by atoms with van der Waals surface area (Å²) in [6, 6.07) is 1.38. The van der Waals surface area contributed by atoms with Crippen LogP contribution < -0.4 is 5.32 Å². The second-order valence-corrected chi connectivity index (χ2v) is 5.23. The molecule has 0 amide bonds. The predicted molar refractivity (Wildman–Crippen MR) is 84.1 cm³/mol. The fourth-order valence-corrected chi connectivity index (χ4v) is 2.66. The lowest BCUT2D eigenvalue weighted by Gasteiger charge is -2.35. The summed E-state index contributed by atoms with van der Waals surface area (Å²) in [4.78, 5) is 1.37. The first-order valence-electron chi connectivity index (χ1n) is 6.40. The number of benzene rings is 1.